The Morgan fingerprint density at radius 3 is 2.66 bits per heavy atom. The molecule has 0 fully saturated rings. The highest BCUT2D eigenvalue weighted by atomic mass is 35.5. The third-order valence-electron chi connectivity index (χ3n) is 6.72. The Kier molecular flexibility index (Phi) is 7.98. The lowest BCUT2D eigenvalue weighted by Crippen LogP contribution is -2.12. The number of hydrogen-bond donors (Lipinski definition) is 2. The summed E-state index contributed by atoms with van der Waals surface area (Å²) in [4.78, 5) is 42.3. The molecule has 2 aliphatic rings. The van der Waals surface area contributed by atoms with Gasteiger partial charge >= 0.3 is 5.97 Å². The second-order valence-corrected chi connectivity index (χ2v) is 11.0. The first-order valence-corrected chi connectivity index (χ1v) is 14.3. The number of fused-ring (bicyclic) bond motifs is 2. The summed E-state index contributed by atoms with van der Waals surface area (Å²) in [6.45, 7) is 2.07. The van der Waals surface area contributed by atoms with Crippen molar-refractivity contribution in [2.24, 2.45) is 0 Å². The van der Waals surface area contributed by atoms with E-state index in [2.05, 4.69) is 10.3 Å². The topological polar surface area (TPSA) is 88.3 Å². The first kappa shape index (κ1) is 26.6. The molecule has 0 atom stereocenters. The summed E-state index contributed by atoms with van der Waals surface area (Å²) in [6, 6.07) is 11.3. The number of aromatic amines is 1. The maximum atomic E-state index is 13.0. The molecule has 3 aromatic rings. The number of H-pyrrole nitrogens is 1. The number of amides is 1. The number of hydrogen-bond acceptors (Lipinski definition) is 5. The van der Waals surface area contributed by atoms with Crippen molar-refractivity contribution in [3.63, 3.8) is 0 Å². The van der Waals surface area contributed by atoms with Gasteiger partial charge in [-0.05, 0) is 73.7 Å². The van der Waals surface area contributed by atoms with Gasteiger partial charge in [0, 0.05) is 61.7 Å². The minimum absolute atomic E-state index is 0.0687. The van der Waals surface area contributed by atoms with Crippen LogP contribution in [0.15, 0.2) is 41.3 Å². The van der Waals surface area contributed by atoms with Gasteiger partial charge in [0.25, 0.3) is 5.91 Å². The van der Waals surface area contributed by atoms with E-state index < -0.39 is 0 Å². The summed E-state index contributed by atoms with van der Waals surface area (Å²) in [5.74, 6) is 0.126. The van der Waals surface area contributed by atoms with Crippen LogP contribution in [-0.2, 0) is 32.9 Å². The predicted octanol–water partition coefficient (Wildman–Crippen LogP) is 7.12. The number of aromatic nitrogens is 1. The fraction of sp³-hybridized carbons (Fsp3) is 0.276. The van der Waals surface area contributed by atoms with Crippen LogP contribution in [0.25, 0.3) is 11.6 Å². The van der Waals surface area contributed by atoms with Gasteiger partial charge in [0.15, 0.2) is 5.78 Å². The van der Waals surface area contributed by atoms with Crippen molar-refractivity contribution in [3.8, 4) is 0 Å². The first-order valence-electron chi connectivity index (χ1n) is 12.5. The van der Waals surface area contributed by atoms with Crippen LogP contribution in [0.1, 0.15) is 64.6 Å². The lowest BCUT2D eigenvalue weighted by Gasteiger charge is -2.11. The summed E-state index contributed by atoms with van der Waals surface area (Å²) in [6.07, 6.45) is 4.33. The number of ether oxygens (including phenoxy) is 1. The van der Waals surface area contributed by atoms with Crippen LogP contribution in [0.5, 0.6) is 0 Å². The molecule has 1 aliphatic heterocycles. The van der Waals surface area contributed by atoms with Gasteiger partial charge in [-0.3, -0.25) is 14.4 Å². The van der Waals surface area contributed by atoms with E-state index in [9.17, 15) is 14.4 Å². The molecular weight excluding hydrogens is 543 g/mol. The number of ketones is 1. The number of nitrogens with one attached hydrogen (secondary N) is 2. The van der Waals surface area contributed by atoms with Gasteiger partial charge in [0.1, 0.15) is 0 Å². The van der Waals surface area contributed by atoms with E-state index in [1.165, 1.54) is 0 Å². The highest BCUT2D eigenvalue weighted by Crippen LogP contribution is 2.39. The number of thioether (sulfide) groups is 1. The number of halogens is 2. The number of esters is 1. The molecule has 0 saturated heterocycles. The van der Waals surface area contributed by atoms with Crippen LogP contribution >= 0.6 is 35.0 Å². The number of Topliss-reactive ketones (excluding diaryl/α,β-unsaturated/α-hetero) is 1. The van der Waals surface area contributed by atoms with E-state index in [0.717, 1.165) is 45.8 Å². The van der Waals surface area contributed by atoms with E-state index >= 15 is 0 Å². The quantitative estimate of drug-likeness (QED) is 0.171. The average molecular weight is 570 g/mol. The normalized spacial score (nSPS) is 15.4. The van der Waals surface area contributed by atoms with Crippen LogP contribution in [0.3, 0.4) is 0 Å². The minimum atomic E-state index is -0.312. The first-order chi connectivity index (χ1) is 18.4. The summed E-state index contributed by atoms with van der Waals surface area (Å²) in [7, 11) is 0. The van der Waals surface area contributed by atoms with Gasteiger partial charge in [-0.1, -0.05) is 29.3 Å². The molecule has 38 heavy (non-hydrogen) atoms. The molecule has 2 N–H and O–H groups in total. The zero-order valence-corrected chi connectivity index (χ0v) is 23.1. The van der Waals surface area contributed by atoms with Crippen LogP contribution < -0.4 is 5.32 Å². The monoisotopic (exact) mass is 568 g/mol. The summed E-state index contributed by atoms with van der Waals surface area (Å²) >= 11 is 14.2. The van der Waals surface area contributed by atoms with Crippen molar-refractivity contribution in [3.05, 3.63) is 80.1 Å². The summed E-state index contributed by atoms with van der Waals surface area (Å²) < 4.78 is 5.10. The highest BCUT2D eigenvalue weighted by Gasteiger charge is 2.29. The number of benzene rings is 2. The Morgan fingerprint density at radius 1 is 1.11 bits per heavy atom. The lowest BCUT2D eigenvalue weighted by atomic mass is 9.91. The Bertz CT molecular complexity index is 1460. The number of carbonyl (C=O) groups is 3. The van der Waals surface area contributed by atoms with Gasteiger partial charge in [-0.25, -0.2) is 0 Å². The molecule has 0 bridgehead atoms. The van der Waals surface area contributed by atoms with E-state index in [1.807, 2.05) is 36.4 Å². The predicted molar refractivity (Wildman–Crippen MR) is 152 cm³/mol. The fourth-order valence-electron chi connectivity index (χ4n) is 4.91. The molecule has 9 heteroatoms. The molecule has 2 aromatic carbocycles. The number of aryl methyl sites for hydroxylation is 1. The Morgan fingerprint density at radius 2 is 1.89 bits per heavy atom. The Balaban J connectivity index is 1.47. The van der Waals surface area contributed by atoms with Crippen molar-refractivity contribution >= 4 is 70.0 Å². The van der Waals surface area contributed by atoms with E-state index in [-0.39, 0.29) is 24.1 Å². The average Bonchev–Trinajstić information content (AvgIpc) is 3.40. The molecule has 2 heterocycles. The molecule has 0 saturated carbocycles. The fourth-order valence-corrected chi connectivity index (χ4v) is 6.58. The molecule has 196 valence electrons. The third-order valence-corrected chi connectivity index (χ3v) is 8.44. The van der Waals surface area contributed by atoms with Crippen molar-refractivity contribution in [2.45, 2.75) is 49.7 Å². The Labute approximate surface area is 235 Å². The van der Waals surface area contributed by atoms with Crippen molar-refractivity contribution in [1.29, 1.82) is 0 Å². The van der Waals surface area contributed by atoms with E-state index in [4.69, 9.17) is 27.9 Å². The summed E-state index contributed by atoms with van der Waals surface area (Å²) in [5.41, 5.74) is 5.85. The van der Waals surface area contributed by atoms with Gasteiger partial charge in [-0.15, -0.1) is 11.8 Å². The smallest absolute Gasteiger partial charge is 0.306 e. The second kappa shape index (κ2) is 11.4. The number of anilines is 1. The van der Waals surface area contributed by atoms with Crippen molar-refractivity contribution in [2.75, 3.05) is 11.9 Å². The van der Waals surface area contributed by atoms with Crippen LogP contribution in [0, 0.1) is 0 Å². The molecule has 5 rings (SSSR count). The SMILES string of the molecule is CCOC(=O)CCc1c(/C=C2\C(=O)Nc3ccc(SCc4c(Cl)cccc4Cl)cc32)[nH]c2c1C(=O)CCC2. The maximum Gasteiger partial charge on any atom is 0.306 e. The van der Waals surface area contributed by atoms with Crippen LogP contribution in [-0.4, -0.2) is 29.3 Å². The standard InChI is InChI=1S/C29H26Cl2N2O4S/c1-2-37-27(35)12-10-17-25(32-24-7-4-8-26(34)28(17)24)14-19-18-13-16(9-11-23(18)33-29(19)36)38-15-20-21(30)5-3-6-22(20)31/h3,5-6,9,11,13-14,32H,2,4,7-8,10,12,15H2,1H3,(H,33,36)/b19-14-. The van der Waals surface area contributed by atoms with Crippen molar-refractivity contribution < 1.29 is 19.1 Å². The minimum Gasteiger partial charge on any atom is -0.466 e. The van der Waals surface area contributed by atoms with Gasteiger partial charge in [-0.2, -0.15) is 0 Å². The van der Waals surface area contributed by atoms with Gasteiger partial charge < -0.3 is 15.0 Å². The van der Waals surface area contributed by atoms with Crippen LogP contribution in [0.2, 0.25) is 10.0 Å². The third kappa shape index (κ3) is 5.41. The molecule has 1 amide bonds. The van der Waals surface area contributed by atoms with E-state index in [1.54, 1.807) is 24.8 Å². The second-order valence-electron chi connectivity index (χ2n) is 9.16. The van der Waals surface area contributed by atoms with Crippen molar-refractivity contribution in [1.82, 2.24) is 4.98 Å². The number of rotatable bonds is 8. The zero-order chi connectivity index (χ0) is 26.8. The molecule has 1 aliphatic carbocycles. The molecular formula is C29H26Cl2N2O4S. The summed E-state index contributed by atoms with van der Waals surface area (Å²) in [5, 5.41) is 4.16. The number of carbonyl (C=O) groups excluding carboxylic acids is 3. The molecule has 0 unspecified atom stereocenters. The Hall–Kier alpha value is -3.00. The molecule has 0 spiro atoms. The highest BCUT2D eigenvalue weighted by molar-refractivity contribution is 7.98. The van der Waals surface area contributed by atoms with Gasteiger partial charge in [0.2, 0.25) is 0 Å². The zero-order valence-electron chi connectivity index (χ0n) is 20.8. The molecule has 1 aromatic heterocycles. The molecule has 0 radical (unpaired) electrons. The largest absolute Gasteiger partial charge is 0.466 e. The maximum absolute atomic E-state index is 13.0. The lowest BCUT2D eigenvalue weighted by molar-refractivity contribution is -0.143. The van der Waals surface area contributed by atoms with Gasteiger partial charge in [0.05, 0.1) is 12.2 Å². The molecule has 6 nitrogen and oxygen atoms in total. The van der Waals surface area contributed by atoms with E-state index in [0.29, 0.717) is 52.1 Å². The van der Waals surface area contributed by atoms with Crippen LogP contribution in [0.4, 0.5) is 5.69 Å².